The molecule has 2 aliphatic heterocycles. The van der Waals surface area contributed by atoms with Crippen LogP contribution in [-0.4, -0.2) is 25.2 Å². The summed E-state index contributed by atoms with van der Waals surface area (Å²) < 4.78 is 11.2. The summed E-state index contributed by atoms with van der Waals surface area (Å²) in [5.41, 5.74) is 2.11. The lowest BCUT2D eigenvalue weighted by Crippen LogP contribution is -2.31. The first kappa shape index (κ1) is 7.24. The zero-order valence-corrected chi connectivity index (χ0v) is 7.06. The van der Waals surface area contributed by atoms with Crippen LogP contribution >= 0.6 is 0 Å². The van der Waals surface area contributed by atoms with Crippen molar-refractivity contribution in [2.45, 2.75) is 5.79 Å². The van der Waals surface area contributed by atoms with Crippen LogP contribution in [0.2, 0.25) is 0 Å². The Hall–Kier alpha value is -1.19. The molecule has 3 nitrogen and oxygen atoms in total. The zero-order valence-electron chi connectivity index (χ0n) is 7.06. The van der Waals surface area contributed by atoms with Crippen molar-refractivity contribution in [1.82, 2.24) is 0 Å². The number of nitrogens with zero attached hydrogens (tertiary/aromatic N) is 1. The molecule has 0 radical (unpaired) electrons. The minimum atomic E-state index is -0.638. The first-order valence-electron chi connectivity index (χ1n) is 4.32. The predicted octanol–water partition coefficient (Wildman–Crippen LogP) is 1.19. The molecule has 0 aromatic carbocycles. The molecule has 3 aliphatic rings. The smallest absolute Gasteiger partial charge is 0.217 e. The van der Waals surface area contributed by atoms with Crippen LogP contribution in [0.3, 0.4) is 0 Å². The average Bonchev–Trinajstić information content (AvgIpc) is 2.74. The van der Waals surface area contributed by atoms with Crippen LogP contribution in [0.1, 0.15) is 0 Å². The fraction of sp³-hybridized carbons (Fsp3) is 0.300. The molecule has 0 N–H and O–H groups in total. The largest absolute Gasteiger partial charge is 0.340 e. The third-order valence-corrected chi connectivity index (χ3v) is 2.41. The zero-order chi connectivity index (χ0) is 8.73. The first-order valence-corrected chi connectivity index (χ1v) is 4.32. The highest BCUT2D eigenvalue weighted by Gasteiger charge is 2.41. The van der Waals surface area contributed by atoms with E-state index in [-0.39, 0.29) is 0 Å². The molecule has 1 spiro atoms. The summed E-state index contributed by atoms with van der Waals surface area (Å²) in [4.78, 5) is 4.09. The molecule has 1 aliphatic carbocycles. The summed E-state index contributed by atoms with van der Waals surface area (Å²) in [6.45, 7) is 1.30. The molecule has 66 valence electrons. The number of rotatable bonds is 0. The van der Waals surface area contributed by atoms with Gasteiger partial charge < -0.3 is 9.47 Å². The van der Waals surface area contributed by atoms with Crippen LogP contribution in [0.25, 0.3) is 0 Å². The average molecular weight is 175 g/mol. The van der Waals surface area contributed by atoms with E-state index >= 15 is 0 Å². The SMILES string of the molecule is C1=CC2(OCCO2)C2=CN=CC2=C1. The van der Waals surface area contributed by atoms with Gasteiger partial charge in [-0.2, -0.15) is 0 Å². The maximum absolute atomic E-state index is 5.60. The normalized spacial score (nSPS) is 27.7. The Kier molecular flexibility index (Phi) is 1.34. The Morgan fingerprint density at radius 1 is 1.31 bits per heavy atom. The molecular formula is C10H9NO2. The summed E-state index contributed by atoms with van der Waals surface area (Å²) in [6.07, 6.45) is 9.53. The van der Waals surface area contributed by atoms with Crippen molar-refractivity contribution in [2.24, 2.45) is 4.99 Å². The van der Waals surface area contributed by atoms with Crippen molar-refractivity contribution in [1.29, 1.82) is 0 Å². The Morgan fingerprint density at radius 2 is 2.15 bits per heavy atom. The molecule has 0 bridgehead atoms. The van der Waals surface area contributed by atoms with Gasteiger partial charge in [-0.25, -0.2) is 0 Å². The fourth-order valence-electron chi connectivity index (χ4n) is 1.81. The Morgan fingerprint density at radius 3 is 3.00 bits per heavy atom. The quantitative estimate of drug-likeness (QED) is 0.553. The molecule has 0 aromatic rings. The molecule has 0 atom stereocenters. The third kappa shape index (κ3) is 0.884. The lowest BCUT2D eigenvalue weighted by molar-refractivity contribution is -0.0823. The van der Waals surface area contributed by atoms with Crippen LogP contribution in [0.15, 0.2) is 40.6 Å². The molecule has 3 heteroatoms. The highest BCUT2D eigenvalue weighted by atomic mass is 16.7. The highest BCUT2D eigenvalue weighted by Crippen LogP contribution is 2.37. The standard InChI is InChI=1S/C10H9NO2/c1-2-8-6-11-7-9(8)10(3-1)12-4-5-13-10/h1-3,6-7H,4-5H2. The van der Waals surface area contributed by atoms with Crippen molar-refractivity contribution in [3.05, 3.63) is 35.6 Å². The number of allylic oxidation sites excluding steroid dienone is 2. The Labute approximate surface area is 76.1 Å². The molecular weight excluding hydrogens is 166 g/mol. The highest BCUT2D eigenvalue weighted by molar-refractivity contribution is 5.90. The summed E-state index contributed by atoms with van der Waals surface area (Å²) in [5, 5.41) is 0. The lowest BCUT2D eigenvalue weighted by atomic mass is 9.95. The molecule has 1 saturated heterocycles. The minimum absolute atomic E-state index is 0.638. The second kappa shape index (κ2) is 2.40. The molecule has 0 saturated carbocycles. The van der Waals surface area contributed by atoms with E-state index in [0.29, 0.717) is 13.2 Å². The number of ether oxygens (including phenoxy) is 2. The molecule has 2 heterocycles. The fourth-order valence-corrected chi connectivity index (χ4v) is 1.81. The van der Waals surface area contributed by atoms with Gasteiger partial charge in [-0.15, -0.1) is 0 Å². The minimum Gasteiger partial charge on any atom is -0.340 e. The van der Waals surface area contributed by atoms with E-state index in [1.165, 1.54) is 0 Å². The van der Waals surface area contributed by atoms with Gasteiger partial charge in [0.05, 0.1) is 13.2 Å². The van der Waals surface area contributed by atoms with E-state index in [9.17, 15) is 0 Å². The van der Waals surface area contributed by atoms with Gasteiger partial charge in [0.2, 0.25) is 5.79 Å². The van der Waals surface area contributed by atoms with E-state index in [1.54, 1.807) is 6.20 Å². The van der Waals surface area contributed by atoms with E-state index in [4.69, 9.17) is 9.47 Å². The maximum atomic E-state index is 5.60. The number of aliphatic imine (C=N–C) groups is 1. The molecule has 0 unspecified atom stereocenters. The number of hydrogen-bond donors (Lipinski definition) is 0. The van der Waals surface area contributed by atoms with Gasteiger partial charge in [-0.1, -0.05) is 12.2 Å². The van der Waals surface area contributed by atoms with E-state index in [1.807, 2.05) is 24.4 Å². The van der Waals surface area contributed by atoms with Crippen LogP contribution in [0, 0.1) is 0 Å². The van der Waals surface area contributed by atoms with Gasteiger partial charge in [0, 0.05) is 23.6 Å². The second-order valence-corrected chi connectivity index (χ2v) is 3.17. The first-order chi connectivity index (χ1) is 6.41. The van der Waals surface area contributed by atoms with Gasteiger partial charge in [0.1, 0.15) is 0 Å². The van der Waals surface area contributed by atoms with Crippen molar-refractivity contribution >= 4 is 6.21 Å². The van der Waals surface area contributed by atoms with Gasteiger partial charge in [0.15, 0.2) is 0 Å². The molecule has 1 fully saturated rings. The van der Waals surface area contributed by atoms with Crippen LogP contribution in [-0.2, 0) is 9.47 Å². The van der Waals surface area contributed by atoms with E-state index in [0.717, 1.165) is 11.1 Å². The van der Waals surface area contributed by atoms with Crippen LogP contribution in [0.5, 0.6) is 0 Å². The lowest BCUT2D eigenvalue weighted by Gasteiger charge is -2.27. The van der Waals surface area contributed by atoms with Gasteiger partial charge in [-0.3, -0.25) is 4.99 Å². The van der Waals surface area contributed by atoms with Crippen molar-refractivity contribution in [2.75, 3.05) is 13.2 Å². The van der Waals surface area contributed by atoms with Gasteiger partial charge in [0.25, 0.3) is 0 Å². The molecule has 13 heavy (non-hydrogen) atoms. The van der Waals surface area contributed by atoms with Crippen molar-refractivity contribution in [3.63, 3.8) is 0 Å². The molecule has 0 aromatic heterocycles. The molecule has 0 amide bonds. The molecule has 3 rings (SSSR count). The number of fused-ring (bicyclic) bond motifs is 2. The second-order valence-electron chi connectivity index (χ2n) is 3.17. The van der Waals surface area contributed by atoms with Crippen LogP contribution in [0.4, 0.5) is 0 Å². The van der Waals surface area contributed by atoms with E-state index in [2.05, 4.69) is 4.99 Å². The van der Waals surface area contributed by atoms with Gasteiger partial charge in [-0.05, 0) is 6.08 Å². The summed E-state index contributed by atoms with van der Waals surface area (Å²) in [5.74, 6) is -0.638. The monoisotopic (exact) mass is 175 g/mol. The van der Waals surface area contributed by atoms with Crippen molar-refractivity contribution < 1.29 is 9.47 Å². The summed E-state index contributed by atoms with van der Waals surface area (Å²) in [7, 11) is 0. The van der Waals surface area contributed by atoms with Gasteiger partial charge >= 0.3 is 0 Å². The Balaban J connectivity index is 2.08. The Bertz CT molecular complexity index is 357. The van der Waals surface area contributed by atoms with Crippen molar-refractivity contribution in [3.8, 4) is 0 Å². The number of hydrogen-bond acceptors (Lipinski definition) is 3. The third-order valence-electron chi connectivity index (χ3n) is 2.41. The summed E-state index contributed by atoms with van der Waals surface area (Å²) >= 11 is 0. The predicted molar refractivity (Wildman–Crippen MR) is 48.4 cm³/mol. The van der Waals surface area contributed by atoms with Crippen LogP contribution < -0.4 is 0 Å². The van der Waals surface area contributed by atoms with E-state index < -0.39 is 5.79 Å². The topological polar surface area (TPSA) is 30.8 Å². The maximum Gasteiger partial charge on any atom is 0.217 e. The summed E-state index contributed by atoms with van der Waals surface area (Å²) in [6, 6.07) is 0.